The number of fused-ring (bicyclic) bond motifs is 5. The predicted molar refractivity (Wildman–Crippen MR) is 146 cm³/mol. The predicted octanol–water partition coefficient (Wildman–Crippen LogP) is 7.01. The van der Waals surface area contributed by atoms with Gasteiger partial charge in [0.2, 0.25) is 0 Å². The average Bonchev–Trinajstić information content (AvgIpc) is 3.00. The summed E-state index contributed by atoms with van der Waals surface area (Å²) >= 11 is 0. The standard InChI is InChI=1S/C28H47NO3Si2/c1-10-27-17-16-23-22-15-13-21(29-30-3)18-20(22)12-14-24(23)25(27)19-26(31-33(4,5)6)28(27,11-2)32-34(7,8)9/h2,18,22-26H,10,12-17,19H2,1,3-9H3/b29-21+/t22-,23+,24+,25-,26-,27-,28?/m0/s1. The molecule has 0 N–H and O–H groups in total. The summed E-state index contributed by atoms with van der Waals surface area (Å²) in [4.78, 5) is 5.08. The number of oxime groups is 1. The summed E-state index contributed by atoms with van der Waals surface area (Å²) < 4.78 is 14.1. The van der Waals surface area contributed by atoms with Crippen LogP contribution in [-0.2, 0) is 13.7 Å². The molecule has 4 aliphatic carbocycles. The third kappa shape index (κ3) is 4.40. The van der Waals surface area contributed by atoms with Gasteiger partial charge in [-0.2, -0.15) is 0 Å². The van der Waals surface area contributed by atoms with Gasteiger partial charge in [0.15, 0.2) is 16.6 Å². The molecule has 0 aromatic carbocycles. The van der Waals surface area contributed by atoms with Gasteiger partial charge in [-0.05, 0) is 120 Å². The first-order valence-electron chi connectivity index (χ1n) is 13.6. The second kappa shape index (κ2) is 9.21. The zero-order chi connectivity index (χ0) is 24.9. The van der Waals surface area contributed by atoms with E-state index in [0.717, 1.165) is 30.9 Å². The lowest BCUT2D eigenvalue weighted by Crippen LogP contribution is -2.61. The number of allylic oxidation sites excluding steroid dienone is 2. The molecule has 0 heterocycles. The van der Waals surface area contributed by atoms with Crippen molar-refractivity contribution in [2.45, 2.75) is 109 Å². The molecule has 0 radical (unpaired) electrons. The smallest absolute Gasteiger partial charge is 0.185 e. The second-order valence-corrected chi connectivity index (χ2v) is 22.1. The molecule has 34 heavy (non-hydrogen) atoms. The van der Waals surface area contributed by atoms with Gasteiger partial charge in [0, 0.05) is 5.41 Å². The molecule has 0 amide bonds. The highest BCUT2D eigenvalue weighted by Gasteiger charge is 2.69. The van der Waals surface area contributed by atoms with E-state index in [2.05, 4.69) is 63.4 Å². The number of hydrogen-bond donors (Lipinski definition) is 0. The molecular weight excluding hydrogens is 454 g/mol. The van der Waals surface area contributed by atoms with Gasteiger partial charge in [-0.15, -0.1) is 6.42 Å². The Morgan fingerprint density at radius 2 is 1.79 bits per heavy atom. The molecule has 0 spiro atoms. The number of nitrogens with zero attached hydrogens (tertiary/aromatic N) is 1. The molecule has 0 bridgehead atoms. The van der Waals surface area contributed by atoms with Crippen LogP contribution in [0.5, 0.6) is 0 Å². The van der Waals surface area contributed by atoms with Gasteiger partial charge in [0.1, 0.15) is 12.7 Å². The summed E-state index contributed by atoms with van der Waals surface area (Å²) in [6.07, 6.45) is 18.1. The highest BCUT2D eigenvalue weighted by Crippen LogP contribution is 2.68. The third-order valence-electron chi connectivity index (χ3n) is 9.20. The van der Waals surface area contributed by atoms with Crippen molar-refractivity contribution >= 4 is 22.3 Å². The van der Waals surface area contributed by atoms with Crippen LogP contribution in [-0.4, -0.2) is 41.2 Å². The second-order valence-electron chi connectivity index (χ2n) is 13.2. The average molecular weight is 502 g/mol. The van der Waals surface area contributed by atoms with Gasteiger partial charge in [-0.3, -0.25) is 0 Å². The fourth-order valence-electron chi connectivity index (χ4n) is 8.35. The van der Waals surface area contributed by atoms with Gasteiger partial charge in [-0.25, -0.2) is 0 Å². The van der Waals surface area contributed by atoms with E-state index in [9.17, 15) is 0 Å². The van der Waals surface area contributed by atoms with Gasteiger partial charge in [0.05, 0.1) is 11.8 Å². The zero-order valence-corrected chi connectivity index (χ0v) is 24.9. The Hall–Kier alpha value is -0.876. The Kier molecular flexibility index (Phi) is 7.10. The molecule has 4 nitrogen and oxygen atoms in total. The van der Waals surface area contributed by atoms with Crippen molar-refractivity contribution in [2.75, 3.05) is 7.11 Å². The first-order chi connectivity index (χ1) is 15.9. The number of rotatable bonds is 6. The molecule has 7 atom stereocenters. The van der Waals surface area contributed by atoms with Crippen molar-refractivity contribution in [2.24, 2.45) is 34.2 Å². The topological polar surface area (TPSA) is 40.0 Å². The molecule has 0 saturated heterocycles. The van der Waals surface area contributed by atoms with Gasteiger partial charge in [0.25, 0.3) is 0 Å². The highest BCUT2D eigenvalue weighted by atomic mass is 28.4. The van der Waals surface area contributed by atoms with E-state index in [1.54, 1.807) is 12.7 Å². The Morgan fingerprint density at radius 3 is 2.38 bits per heavy atom. The lowest BCUT2D eigenvalue weighted by Gasteiger charge is -2.58. The van der Waals surface area contributed by atoms with E-state index in [1.807, 2.05) is 0 Å². The minimum absolute atomic E-state index is 0.0170. The lowest BCUT2D eigenvalue weighted by atomic mass is 9.49. The number of terminal acetylenes is 1. The van der Waals surface area contributed by atoms with Crippen LogP contribution < -0.4 is 0 Å². The van der Waals surface area contributed by atoms with Crippen molar-refractivity contribution in [1.82, 2.24) is 0 Å². The van der Waals surface area contributed by atoms with Crippen molar-refractivity contribution in [1.29, 1.82) is 0 Å². The summed E-state index contributed by atoms with van der Waals surface area (Å²) in [6, 6.07) is 0. The largest absolute Gasteiger partial charge is 0.411 e. The van der Waals surface area contributed by atoms with Crippen molar-refractivity contribution < 1.29 is 13.7 Å². The molecule has 4 rings (SSSR count). The molecular formula is C28H47NO3Si2. The fraction of sp³-hybridized carbons (Fsp3) is 0.821. The van der Waals surface area contributed by atoms with E-state index < -0.39 is 22.2 Å². The summed E-state index contributed by atoms with van der Waals surface area (Å²) in [6.45, 7) is 16.1. The van der Waals surface area contributed by atoms with E-state index in [4.69, 9.17) is 20.1 Å². The quantitative estimate of drug-likeness (QED) is 0.223. The van der Waals surface area contributed by atoms with E-state index in [-0.39, 0.29) is 11.5 Å². The van der Waals surface area contributed by atoms with Crippen LogP contribution in [0, 0.1) is 41.4 Å². The molecule has 4 aliphatic rings. The number of hydrogen-bond acceptors (Lipinski definition) is 4. The third-order valence-corrected chi connectivity index (χ3v) is 11.1. The Bertz CT molecular complexity index is 880. The minimum atomic E-state index is -1.90. The molecule has 6 heteroatoms. The van der Waals surface area contributed by atoms with Crippen molar-refractivity contribution in [3.63, 3.8) is 0 Å². The lowest BCUT2D eigenvalue weighted by molar-refractivity contribution is -0.110. The SMILES string of the molecule is C#CC1(O[Si](C)(C)C)[C@@H](O[Si](C)(C)C)C[C@H]2[C@@H]3CCC4=C/C(=N/OC)CC[C@@H]4[C@H]3CC[C@@]21CC. The summed E-state index contributed by atoms with van der Waals surface area (Å²) in [5.74, 6) is 6.08. The maximum Gasteiger partial charge on any atom is 0.185 e. The molecule has 1 unspecified atom stereocenters. The molecule has 0 aliphatic heterocycles. The zero-order valence-electron chi connectivity index (χ0n) is 22.9. The summed E-state index contributed by atoms with van der Waals surface area (Å²) in [5.41, 5.74) is 2.15. The van der Waals surface area contributed by atoms with Crippen molar-refractivity contribution in [3.05, 3.63) is 11.6 Å². The summed E-state index contributed by atoms with van der Waals surface area (Å²) in [5, 5.41) is 4.26. The Morgan fingerprint density at radius 1 is 1.06 bits per heavy atom. The molecule has 190 valence electrons. The van der Waals surface area contributed by atoms with Gasteiger partial charge in [-0.1, -0.05) is 23.6 Å². The maximum absolute atomic E-state index is 7.14. The van der Waals surface area contributed by atoms with Gasteiger partial charge >= 0.3 is 0 Å². The molecule has 0 aromatic heterocycles. The van der Waals surface area contributed by atoms with Crippen molar-refractivity contribution in [3.8, 4) is 12.3 Å². The fourth-order valence-corrected chi connectivity index (χ4v) is 10.8. The molecule has 3 fully saturated rings. The first kappa shape index (κ1) is 26.2. The van der Waals surface area contributed by atoms with Crippen LogP contribution in [0.25, 0.3) is 0 Å². The monoisotopic (exact) mass is 501 g/mol. The molecule has 3 saturated carbocycles. The van der Waals surface area contributed by atoms with Crippen LogP contribution in [0.1, 0.15) is 58.3 Å². The van der Waals surface area contributed by atoms with Crippen LogP contribution in [0.15, 0.2) is 16.8 Å². The highest BCUT2D eigenvalue weighted by molar-refractivity contribution is 6.70. The Labute approximate surface area is 210 Å². The van der Waals surface area contributed by atoms with E-state index >= 15 is 0 Å². The normalized spacial score (nSPS) is 41.2. The van der Waals surface area contributed by atoms with Gasteiger partial charge < -0.3 is 13.7 Å². The van der Waals surface area contributed by atoms with Crippen LogP contribution in [0.3, 0.4) is 0 Å². The van der Waals surface area contributed by atoms with E-state index in [0.29, 0.717) is 17.8 Å². The summed E-state index contributed by atoms with van der Waals surface area (Å²) in [7, 11) is -2.04. The van der Waals surface area contributed by atoms with E-state index in [1.165, 1.54) is 32.1 Å². The molecule has 0 aromatic rings. The van der Waals surface area contributed by atoms with Crippen LogP contribution in [0.4, 0.5) is 0 Å². The van der Waals surface area contributed by atoms with Crippen LogP contribution >= 0.6 is 0 Å². The first-order valence-corrected chi connectivity index (χ1v) is 20.4. The van der Waals surface area contributed by atoms with Crippen LogP contribution in [0.2, 0.25) is 39.3 Å². The minimum Gasteiger partial charge on any atom is -0.411 e. The Balaban J connectivity index is 1.73. The maximum atomic E-state index is 7.14.